The van der Waals surface area contributed by atoms with E-state index in [0.29, 0.717) is 26.1 Å². The third-order valence-corrected chi connectivity index (χ3v) is 4.83. The summed E-state index contributed by atoms with van der Waals surface area (Å²) in [4.78, 5) is 30.3. The van der Waals surface area contributed by atoms with Gasteiger partial charge in [0.05, 0.1) is 18.7 Å². The molecule has 0 spiro atoms. The van der Waals surface area contributed by atoms with Crippen LogP contribution in [0.2, 0.25) is 0 Å². The van der Waals surface area contributed by atoms with Gasteiger partial charge in [-0.05, 0) is 51.2 Å². The first-order valence-electron chi connectivity index (χ1n) is 9.93. The van der Waals surface area contributed by atoms with Crippen molar-refractivity contribution in [1.29, 1.82) is 0 Å². The van der Waals surface area contributed by atoms with E-state index in [1.807, 2.05) is 18.7 Å². The second kappa shape index (κ2) is 9.17. The molecule has 3 rings (SSSR count). The Kier molecular flexibility index (Phi) is 6.66. The number of carbonyl (C=O) groups excluding carboxylic acids is 2. The highest BCUT2D eigenvalue weighted by atomic mass is 16.5. The molecule has 1 aromatic rings. The molecule has 2 aliphatic heterocycles. The van der Waals surface area contributed by atoms with Crippen LogP contribution >= 0.6 is 0 Å². The van der Waals surface area contributed by atoms with Gasteiger partial charge in [0.1, 0.15) is 5.82 Å². The molecule has 3 heterocycles. The number of hydrogen-bond donors (Lipinski definition) is 2. The third kappa shape index (κ3) is 5.92. The van der Waals surface area contributed by atoms with Crippen molar-refractivity contribution in [3.8, 4) is 0 Å². The van der Waals surface area contributed by atoms with Gasteiger partial charge in [0, 0.05) is 31.7 Å². The van der Waals surface area contributed by atoms with Crippen molar-refractivity contribution >= 4 is 17.7 Å². The standard InChI is InChI=1S/C20H30N4O3/c1-14(2)27-19(26)13-24-11-17(12-24)22-18(25)7-3-6-16-9-8-15-5-4-10-21-20(15)23-16/h8-9,14,17H,3-7,10-13H2,1-2H3,(H,21,23)(H,22,25). The van der Waals surface area contributed by atoms with Crippen molar-refractivity contribution in [3.63, 3.8) is 0 Å². The molecule has 0 radical (unpaired) electrons. The van der Waals surface area contributed by atoms with Gasteiger partial charge < -0.3 is 15.4 Å². The summed E-state index contributed by atoms with van der Waals surface area (Å²) in [5.41, 5.74) is 2.32. The van der Waals surface area contributed by atoms with E-state index in [9.17, 15) is 9.59 Å². The Hall–Kier alpha value is -2.15. The molecule has 0 aliphatic carbocycles. The molecular formula is C20H30N4O3. The molecular weight excluding hydrogens is 344 g/mol. The molecule has 1 amide bonds. The molecule has 1 aromatic heterocycles. The van der Waals surface area contributed by atoms with Gasteiger partial charge >= 0.3 is 5.97 Å². The number of rotatable bonds is 8. The first kappa shape index (κ1) is 19.6. The van der Waals surface area contributed by atoms with Gasteiger partial charge in [-0.1, -0.05) is 6.07 Å². The first-order chi connectivity index (χ1) is 13.0. The number of pyridine rings is 1. The third-order valence-electron chi connectivity index (χ3n) is 4.83. The smallest absolute Gasteiger partial charge is 0.320 e. The minimum absolute atomic E-state index is 0.0699. The first-order valence-corrected chi connectivity index (χ1v) is 9.93. The van der Waals surface area contributed by atoms with E-state index in [0.717, 1.165) is 43.7 Å². The maximum atomic E-state index is 12.1. The van der Waals surface area contributed by atoms with Crippen molar-refractivity contribution in [2.45, 2.75) is 58.1 Å². The van der Waals surface area contributed by atoms with Crippen molar-refractivity contribution < 1.29 is 14.3 Å². The number of aryl methyl sites for hydroxylation is 2. The quantitative estimate of drug-likeness (QED) is 0.671. The fraction of sp³-hybridized carbons (Fsp3) is 0.650. The predicted molar refractivity (Wildman–Crippen MR) is 104 cm³/mol. The van der Waals surface area contributed by atoms with Crippen molar-refractivity contribution in [2.24, 2.45) is 0 Å². The zero-order valence-electron chi connectivity index (χ0n) is 16.3. The topological polar surface area (TPSA) is 83.6 Å². The number of ether oxygens (including phenoxy) is 1. The zero-order chi connectivity index (χ0) is 19.2. The van der Waals surface area contributed by atoms with Crippen molar-refractivity contribution in [1.82, 2.24) is 15.2 Å². The summed E-state index contributed by atoms with van der Waals surface area (Å²) in [5.74, 6) is 0.871. The van der Waals surface area contributed by atoms with Crippen LogP contribution in [0.5, 0.6) is 0 Å². The highest BCUT2D eigenvalue weighted by Gasteiger charge is 2.29. The van der Waals surface area contributed by atoms with Gasteiger partial charge in [-0.25, -0.2) is 4.98 Å². The summed E-state index contributed by atoms with van der Waals surface area (Å²) >= 11 is 0. The number of hydrogen-bond acceptors (Lipinski definition) is 6. The fourth-order valence-electron chi connectivity index (χ4n) is 3.51. The average Bonchev–Trinajstić information content (AvgIpc) is 2.59. The Bertz CT molecular complexity index is 671. The Morgan fingerprint density at radius 1 is 1.37 bits per heavy atom. The van der Waals surface area contributed by atoms with Gasteiger partial charge in [0.2, 0.25) is 5.91 Å². The van der Waals surface area contributed by atoms with E-state index in [4.69, 9.17) is 4.74 Å². The van der Waals surface area contributed by atoms with Crippen LogP contribution in [-0.2, 0) is 27.2 Å². The maximum absolute atomic E-state index is 12.1. The molecule has 7 nitrogen and oxygen atoms in total. The average molecular weight is 374 g/mol. The van der Waals surface area contributed by atoms with E-state index in [1.165, 1.54) is 5.56 Å². The number of anilines is 1. The molecule has 7 heteroatoms. The maximum Gasteiger partial charge on any atom is 0.320 e. The van der Waals surface area contributed by atoms with Gasteiger partial charge in [0.25, 0.3) is 0 Å². The molecule has 0 unspecified atom stereocenters. The molecule has 0 aromatic carbocycles. The molecule has 0 bridgehead atoms. The lowest BCUT2D eigenvalue weighted by molar-refractivity contribution is -0.150. The number of fused-ring (bicyclic) bond motifs is 1. The lowest BCUT2D eigenvalue weighted by atomic mass is 10.1. The Morgan fingerprint density at radius 2 is 2.19 bits per heavy atom. The van der Waals surface area contributed by atoms with Gasteiger partial charge in [-0.3, -0.25) is 14.5 Å². The van der Waals surface area contributed by atoms with Crippen LogP contribution in [0.4, 0.5) is 5.82 Å². The summed E-state index contributed by atoms with van der Waals surface area (Å²) in [6, 6.07) is 4.36. The van der Waals surface area contributed by atoms with E-state index in [1.54, 1.807) is 0 Å². The van der Waals surface area contributed by atoms with E-state index in [2.05, 4.69) is 27.8 Å². The van der Waals surface area contributed by atoms with Crippen molar-refractivity contribution in [2.75, 3.05) is 31.5 Å². The molecule has 1 fully saturated rings. The van der Waals surface area contributed by atoms with Crippen LogP contribution in [0.15, 0.2) is 12.1 Å². The van der Waals surface area contributed by atoms with Crippen molar-refractivity contribution in [3.05, 3.63) is 23.4 Å². The second-order valence-corrected chi connectivity index (χ2v) is 7.69. The summed E-state index contributed by atoms with van der Waals surface area (Å²) in [6.07, 6.45) is 4.25. The largest absolute Gasteiger partial charge is 0.462 e. The minimum Gasteiger partial charge on any atom is -0.462 e. The number of nitrogens with one attached hydrogen (secondary N) is 2. The van der Waals surface area contributed by atoms with Gasteiger partial charge in [-0.2, -0.15) is 0 Å². The monoisotopic (exact) mass is 374 g/mol. The highest BCUT2D eigenvalue weighted by Crippen LogP contribution is 2.20. The van der Waals surface area contributed by atoms with Gasteiger partial charge in [0.15, 0.2) is 0 Å². The van der Waals surface area contributed by atoms with Crippen LogP contribution in [0, 0.1) is 0 Å². The molecule has 148 valence electrons. The predicted octanol–water partition coefficient (Wildman–Crippen LogP) is 1.51. The van der Waals surface area contributed by atoms with E-state index < -0.39 is 0 Å². The molecule has 2 N–H and O–H groups in total. The molecule has 2 aliphatic rings. The summed E-state index contributed by atoms with van der Waals surface area (Å²) in [5, 5.41) is 6.37. The normalized spacial score (nSPS) is 17.0. The summed E-state index contributed by atoms with van der Waals surface area (Å²) in [6.45, 7) is 6.37. The minimum atomic E-state index is -0.207. The summed E-state index contributed by atoms with van der Waals surface area (Å²) in [7, 11) is 0. The number of aromatic nitrogens is 1. The van der Waals surface area contributed by atoms with Crippen LogP contribution in [0.3, 0.4) is 0 Å². The fourth-order valence-corrected chi connectivity index (χ4v) is 3.51. The highest BCUT2D eigenvalue weighted by molar-refractivity contribution is 5.76. The Labute approximate surface area is 160 Å². The van der Waals surface area contributed by atoms with E-state index in [-0.39, 0.29) is 24.0 Å². The number of esters is 1. The number of likely N-dealkylation sites (tertiary alicyclic amines) is 1. The van der Waals surface area contributed by atoms with Crippen LogP contribution < -0.4 is 10.6 Å². The Morgan fingerprint density at radius 3 is 2.96 bits per heavy atom. The number of nitrogens with zero attached hydrogens (tertiary/aromatic N) is 2. The lowest BCUT2D eigenvalue weighted by Gasteiger charge is -2.38. The molecule has 0 saturated carbocycles. The SMILES string of the molecule is CC(C)OC(=O)CN1CC(NC(=O)CCCc2ccc3c(n2)NCCC3)C1. The Balaban J connectivity index is 1.30. The second-order valence-electron chi connectivity index (χ2n) is 7.69. The molecule has 0 atom stereocenters. The number of carbonyl (C=O) groups is 2. The van der Waals surface area contributed by atoms with Crippen LogP contribution in [0.25, 0.3) is 0 Å². The zero-order valence-corrected chi connectivity index (χ0v) is 16.3. The molecule has 1 saturated heterocycles. The van der Waals surface area contributed by atoms with Gasteiger partial charge in [-0.15, -0.1) is 0 Å². The van der Waals surface area contributed by atoms with Crippen LogP contribution in [0.1, 0.15) is 44.4 Å². The van der Waals surface area contributed by atoms with Crippen LogP contribution in [-0.4, -0.2) is 60.1 Å². The lowest BCUT2D eigenvalue weighted by Crippen LogP contribution is -2.60. The molecule has 27 heavy (non-hydrogen) atoms. The van der Waals surface area contributed by atoms with E-state index >= 15 is 0 Å². The summed E-state index contributed by atoms with van der Waals surface area (Å²) < 4.78 is 5.12. The number of amides is 1.